The summed E-state index contributed by atoms with van der Waals surface area (Å²) in [6.07, 6.45) is 5.30. The fourth-order valence-corrected chi connectivity index (χ4v) is 1.97. The van der Waals surface area contributed by atoms with Crippen molar-refractivity contribution in [2.45, 2.75) is 33.6 Å². The van der Waals surface area contributed by atoms with Gasteiger partial charge in [0.15, 0.2) is 0 Å². The molecule has 19 heavy (non-hydrogen) atoms. The lowest BCUT2D eigenvalue weighted by molar-refractivity contribution is 0.0728. The molecule has 1 N–H and O–H groups in total. The van der Waals surface area contributed by atoms with Crippen molar-refractivity contribution in [2.75, 3.05) is 25.5 Å². The number of carbonyl (C=O) groups is 1. The molecule has 0 aliphatic rings. The summed E-state index contributed by atoms with van der Waals surface area (Å²) in [5, 5.41) is 2.90. The third-order valence-corrected chi connectivity index (χ3v) is 3.41. The molecule has 0 radical (unpaired) electrons. The smallest absolute Gasteiger partial charge is 0.274 e. The largest absolute Gasteiger partial charge is 0.372 e. The SMILES string of the molecule is CCC(CC)CN(CC)C(=O)c1cncc(NC)n1. The fraction of sp³-hybridized carbons (Fsp3) is 0.643. The topological polar surface area (TPSA) is 58.1 Å². The Balaban J connectivity index is 2.82. The molecular formula is C14H24N4O. The van der Waals surface area contributed by atoms with Crippen LogP contribution in [0, 0.1) is 5.92 Å². The first-order chi connectivity index (χ1) is 9.15. The van der Waals surface area contributed by atoms with Gasteiger partial charge in [0.05, 0.1) is 12.4 Å². The molecule has 0 unspecified atom stereocenters. The molecule has 0 saturated heterocycles. The highest BCUT2D eigenvalue weighted by Crippen LogP contribution is 2.12. The van der Waals surface area contributed by atoms with Crippen LogP contribution in [0.5, 0.6) is 0 Å². The molecule has 1 rings (SSSR count). The van der Waals surface area contributed by atoms with Crippen LogP contribution >= 0.6 is 0 Å². The summed E-state index contributed by atoms with van der Waals surface area (Å²) >= 11 is 0. The third-order valence-electron chi connectivity index (χ3n) is 3.41. The molecule has 0 aliphatic carbocycles. The summed E-state index contributed by atoms with van der Waals surface area (Å²) in [7, 11) is 1.76. The van der Waals surface area contributed by atoms with Crippen LogP contribution in [0.4, 0.5) is 5.82 Å². The van der Waals surface area contributed by atoms with E-state index >= 15 is 0 Å². The van der Waals surface area contributed by atoms with E-state index < -0.39 is 0 Å². The molecule has 5 nitrogen and oxygen atoms in total. The number of nitrogens with one attached hydrogen (secondary N) is 1. The van der Waals surface area contributed by atoms with Crippen LogP contribution in [0.3, 0.4) is 0 Å². The predicted molar refractivity (Wildman–Crippen MR) is 77.2 cm³/mol. The molecule has 0 bridgehead atoms. The fourth-order valence-electron chi connectivity index (χ4n) is 1.97. The Labute approximate surface area is 115 Å². The Kier molecular flexibility index (Phi) is 6.25. The Bertz CT molecular complexity index is 404. The van der Waals surface area contributed by atoms with Gasteiger partial charge in [0.2, 0.25) is 0 Å². The summed E-state index contributed by atoms with van der Waals surface area (Å²) in [5.41, 5.74) is 0.402. The highest BCUT2D eigenvalue weighted by molar-refractivity contribution is 5.92. The van der Waals surface area contributed by atoms with E-state index in [-0.39, 0.29) is 5.91 Å². The second-order valence-corrected chi connectivity index (χ2v) is 4.57. The van der Waals surface area contributed by atoms with Crippen LogP contribution in [-0.2, 0) is 0 Å². The first-order valence-electron chi connectivity index (χ1n) is 6.95. The second-order valence-electron chi connectivity index (χ2n) is 4.57. The number of hydrogen-bond donors (Lipinski definition) is 1. The van der Waals surface area contributed by atoms with Gasteiger partial charge in [-0.3, -0.25) is 9.78 Å². The van der Waals surface area contributed by atoms with Gasteiger partial charge in [-0.2, -0.15) is 0 Å². The molecule has 5 heteroatoms. The van der Waals surface area contributed by atoms with Crippen LogP contribution in [0.2, 0.25) is 0 Å². The van der Waals surface area contributed by atoms with E-state index in [0.717, 1.165) is 19.4 Å². The van der Waals surface area contributed by atoms with E-state index in [1.807, 2.05) is 11.8 Å². The van der Waals surface area contributed by atoms with E-state index in [1.165, 1.54) is 6.20 Å². The van der Waals surface area contributed by atoms with E-state index in [0.29, 0.717) is 24.0 Å². The molecule has 0 aliphatic heterocycles. The quantitative estimate of drug-likeness (QED) is 0.821. The number of anilines is 1. The minimum absolute atomic E-state index is 0.0426. The maximum absolute atomic E-state index is 12.4. The molecule has 0 saturated carbocycles. The Morgan fingerprint density at radius 1 is 1.32 bits per heavy atom. The molecule has 0 atom stereocenters. The Hall–Kier alpha value is -1.65. The highest BCUT2D eigenvalue weighted by atomic mass is 16.2. The zero-order valence-electron chi connectivity index (χ0n) is 12.3. The summed E-state index contributed by atoms with van der Waals surface area (Å²) < 4.78 is 0. The third kappa shape index (κ3) is 4.19. The van der Waals surface area contributed by atoms with Crippen LogP contribution in [0.25, 0.3) is 0 Å². The highest BCUT2D eigenvalue weighted by Gasteiger charge is 2.19. The molecule has 1 heterocycles. The lowest BCUT2D eigenvalue weighted by Crippen LogP contribution is -2.35. The zero-order valence-corrected chi connectivity index (χ0v) is 12.3. The first kappa shape index (κ1) is 15.4. The van der Waals surface area contributed by atoms with Gasteiger partial charge in [-0.1, -0.05) is 26.7 Å². The van der Waals surface area contributed by atoms with Crippen molar-refractivity contribution in [1.29, 1.82) is 0 Å². The van der Waals surface area contributed by atoms with Crippen molar-refractivity contribution < 1.29 is 4.79 Å². The van der Waals surface area contributed by atoms with Crippen molar-refractivity contribution in [1.82, 2.24) is 14.9 Å². The van der Waals surface area contributed by atoms with Gasteiger partial charge in [-0.15, -0.1) is 0 Å². The zero-order chi connectivity index (χ0) is 14.3. The van der Waals surface area contributed by atoms with E-state index in [4.69, 9.17) is 0 Å². The second kappa shape index (κ2) is 7.71. The van der Waals surface area contributed by atoms with Gasteiger partial charge in [0, 0.05) is 20.1 Å². The number of amides is 1. The monoisotopic (exact) mass is 264 g/mol. The summed E-state index contributed by atoms with van der Waals surface area (Å²) in [6, 6.07) is 0. The number of carbonyl (C=O) groups excluding carboxylic acids is 1. The summed E-state index contributed by atoms with van der Waals surface area (Å²) in [5.74, 6) is 1.12. The lowest BCUT2D eigenvalue weighted by atomic mass is 10.0. The van der Waals surface area contributed by atoms with E-state index in [9.17, 15) is 4.79 Å². The van der Waals surface area contributed by atoms with Gasteiger partial charge < -0.3 is 10.2 Å². The lowest BCUT2D eigenvalue weighted by Gasteiger charge is -2.25. The summed E-state index contributed by atoms with van der Waals surface area (Å²) in [6.45, 7) is 7.80. The minimum atomic E-state index is -0.0426. The first-order valence-corrected chi connectivity index (χ1v) is 6.95. The standard InChI is InChI=1S/C14H24N4O/c1-5-11(6-2)10-18(7-3)14(19)12-8-16-9-13(15-4)17-12/h8-9,11H,5-7,10H2,1-4H3,(H,15,17). The number of rotatable bonds is 7. The molecule has 0 fully saturated rings. The van der Waals surface area contributed by atoms with Crippen LogP contribution < -0.4 is 5.32 Å². The van der Waals surface area contributed by atoms with Crippen molar-refractivity contribution >= 4 is 11.7 Å². The molecule has 1 aromatic heterocycles. The molecule has 0 aromatic carbocycles. The molecule has 0 spiro atoms. The minimum Gasteiger partial charge on any atom is -0.372 e. The van der Waals surface area contributed by atoms with Crippen LogP contribution in [0.1, 0.15) is 44.1 Å². The maximum Gasteiger partial charge on any atom is 0.274 e. The molecule has 1 amide bonds. The van der Waals surface area contributed by atoms with Crippen molar-refractivity contribution in [2.24, 2.45) is 5.92 Å². The average molecular weight is 264 g/mol. The number of hydrogen-bond acceptors (Lipinski definition) is 4. The number of nitrogens with zero attached hydrogens (tertiary/aromatic N) is 3. The summed E-state index contributed by atoms with van der Waals surface area (Å²) in [4.78, 5) is 22.5. The van der Waals surface area contributed by atoms with E-state index in [1.54, 1.807) is 13.2 Å². The van der Waals surface area contributed by atoms with Gasteiger partial charge in [0.1, 0.15) is 11.5 Å². The van der Waals surface area contributed by atoms with E-state index in [2.05, 4.69) is 29.1 Å². The van der Waals surface area contributed by atoms with Gasteiger partial charge in [0.25, 0.3) is 5.91 Å². The van der Waals surface area contributed by atoms with Gasteiger partial charge >= 0.3 is 0 Å². The Morgan fingerprint density at radius 3 is 2.53 bits per heavy atom. The average Bonchev–Trinajstić information content (AvgIpc) is 2.48. The van der Waals surface area contributed by atoms with Crippen molar-refractivity contribution in [3.05, 3.63) is 18.1 Å². The molecule has 106 valence electrons. The van der Waals surface area contributed by atoms with Gasteiger partial charge in [-0.25, -0.2) is 4.98 Å². The van der Waals surface area contributed by atoms with Crippen molar-refractivity contribution in [3.8, 4) is 0 Å². The van der Waals surface area contributed by atoms with Crippen molar-refractivity contribution in [3.63, 3.8) is 0 Å². The Morgan fingerprint density at radius 2 is 2.00 bits per heavy atom. The van der Waals surface area contributed by atoms with Gasteiger partial charge in [-0.05, 0) is 12.8 Å². The molecule has 1 aromatic rings. The number of aromatic nitrogens is 2. The van der Waals surface area contributed by atoms with Crippen LogP contribution in [0.15, 0.2) is 12.4 Å². The molecular weight excluding hydrogens is 240 g/mol. The van der Waals surface area contributed by atoms with Crippen LogP contribution in [-0.4, -0.2) is 40.9 Å². The predicted octanol–water partition coefficient (Wildman–Crippen LogP) is 2.42. The normalized spacial score (nSPS) is 10.6. The maximum atomic E-state index is 12.4.